The molecule has 0 aliphatic carbocycles. The number of amides is 1. The van der Waals surface area contributed by atoms with E-state index < -0.39 is 11.9 Å². The van der Waals surface area contributed by atoms with Crippen molar-refractivity contribution in [3.05, 3.63) is 77.5 Å². The Labute approximate surface area is 154 Å². The van der Waals surface area contributed by atoms with E-state index in [1.807, 2.05) is 6.07 Å². The summed E-state index contributed by atoms with van der Waals surface area (Å²) in [7, 11) is 0. The van der Waals surface area contributed by atoms with E-state index in [2.05, 4.69) is 5.32 Å². The molecule has 2 N–H and O–H groups in total. The Morgan fingerprint density at radius 2 is 2.04 bits per heavy atom. The molecule has 0 aliphatic rings. The summed E-state index contributed by atoms with van der Waals surface area (Å²) in [6.45, 7) is 0.163. The number of hydrogen-bond donors (Lipinski definition) is 2. The minimum Gasteiger partial charge on any atom is -0.478 e. The summed E-state index contributed by atoms with van der Waals surface area (Å²) in [5.74, 6) is -0.296. The molecule has 0 fully saturated rings. The minimum atomic E-state index is -1.04. The number of rotatable bonds is 6. The van der Waals surface area contributed by atoms with E-state index in [1.165, 1.54) is 24.5 Å². The van der Waals surface area contributed by atoms with E-state index in [0.717, 1.165) is 0 Å². The highest BCUT2D eigenvalue weighted by atomic mass is 16.4. The molecule has 1 amide bonds. The predicted molar refractivity (Wildman–Crippen MR) is 95.2 cm³/mol. The van der Waals surface area contributed by atoms with E-state index in [9.17, 15) is 14.9 Å². The number of carbonyl (C=O) groups is 2. The molecule has 3 rings (SSSR count). The third-order valence-electron chi connectivity index (χ3n) is 3.68. The molecule has 0 aliphatic heterocycles. The first-order chi connectivity index (χ1) is 13.1. The lowest BCUT2D eigenvalue weighted by molar-refractivity contribution is -0.117. The Kier molecular flexibility index (Phi) is 5.19. The van der Waals surface area contributed by atoms with Gasteiger partial charge in [0.05, 0.1) is 18.4 Å². The van der Waals surface area contributed by atoms with Gasteiger partial charge >= 0.3 is 5.97 Å². The lowest BCUT2D eigenvalue weighted by Gasteiger charge is -2.01. The Bertz CT molecular complexity index is 1040. The van der Waals surface area contributed by atoms with Crippen LogP contribution >= 0.6 is 0 Å². The van der Waals surface area contributed by atoms with Gasteiger partial charge in [0, 0.05) is 11.6 Å². The van der Waals surface area contributed by atoms with Gasteiger partial charge in [-0.1, -0.05) is 12.1 Å². The number of aromatic carboxylic acids is 1. The van der Waals surface area contributed by atoms with Crippen LogP contribution in [0.15, 0.2) is 69.2 Å². The Hall–Kier alpha value is -4.05. The monoisotopic (exact) mass is 362 g/mol. The van der Waals surface area contributed by atoms with Gasteiger partial charge in [-0.25, -0.2) is 4.79 Å². The molecule has 0 radical (unpaired) electrons. The Morgan fingerprint density at radius 3 is 2.74 bits per heavy atom. The van der Waals surface area contributed by atoms with Crippen LogP contribution in [0.25, 0.3) is 17.4 Å². The molecule has 2 heterocycles. The quantitative estimate of drug-likeness (QED) is 0.512. The second-order valence-corrected chi connectivity index (χ2v) is 5.52. The zero-order valence-corrected chi connectivity index (χ0v) is 14.0. The molecular formula is C20H14N2O5. The highest BCUT2D eigenvalue weighted by Gasteiger charge is 2.12. The number of hydrogen-bond acceptors (Lipinski definition) is 5. The van der Waals surface area contributed by atoms with Gasteiger partial charge in [0.1, 0.15) is 28.9 Å². The fourth-order valence-electron chi connectivity index (χ4n) is 2.36. The SMILES string of the molecule is N#C/C(=C\c1ccc(-c2cccc(C(=O)O)c2)o1)C(=O)NCc1ccco1. The van der Waals surface area contributed by atoms with Crippen LogP contribution in [0.5, 0.6) is 0 Å². The summed E-state index contributed by atoms with van der Waals surface area (Å²) in [5.41, 5.74) is 0.591. The van der Waals surface area contributed by atoms with Gasteiger partial charge in [-0.3, -0.25) is 4.79 Å². The second kappa shape index (κ2) is 7.89. The average Bonchev–Trinajstić information content (AvgIpc) is 3.36. The smallest absolute Gasteiger partial charge is 0.335 e. The van der Waals surface area contributed by atoms with Gasteiger partial charge < -0.3 is 19.3 Å². The van der Waals surface area contributed by atoms with E-state index in [0.29, 0.717) is 22.8 Å². The first kappa shape index (κ1) is 17.8. The number of benzene rings is 1. The van der Waals surface area contributed by atoms with Crippen molar-refractivity contribution in [3.63, 3.8) is 0 Å². The number of carboxylic acids is 1. The highest BCUT2D eigenvalue weighted by molar-refractivity contribution is 6.01. The van der Waals surface area contributed by atoms with E-state index in [4.69, 9.17) is 13.9 Å². The van der Waals surface area contributed by atoms with Crippen molar-refractivity contribution in [2.45, 2.75) is 6.54 Å². The topological polar surface area (TPSA) is 116 Å². The molecule has 3 aromatic rings. The van der Waals surface area contributed by atoms with E-state index in [1.54, 1.807) is 36.4 Å². The van der Waals surface area contributed by atoms with Crippen LogP contribution in [0, 0.1) is 11.3 Å². The van der Waals surface area contributed by atoms with Crippen LogP contribution in [0.2, 0.25) is 0 Å². The maximum atomic E-state index is 12.1. The first-order valence-electron chi connectivity index (χ1n) is 7.93. The van der Waals surface area contributed by atoms with Crippen LogP contribution in [0.3, 0.4) is 0 Å². The van der Waals surface area contributed by atoms with Crippen molar-refractivity contribution in [2.24, 2.45) is 0 Å². The van der Waals surface area contributed by atoms with E-state index >= 15 is 0 Å². The molecule has 2 aromatic heterocycles. The molecular weight excluding hydrogens is 348 g/mol. The lowest BCUT2D eigenvalue weighted by Crippen LogP contribution is -2.23. The minimum absolute atomic E-state index is 0.123. The van der Waals surface area contributed by atoms with Crippen molar-refractivity contribution in [2.75, 3.05) is 0 Å². The van der Waals surface area contributed by atoms with Crippen molar-refractivity contribution in [1.29, 1.82) is 5.26 Å². The van der Waals surface area contributed by atoms with Crippen molar-refractivity contribution in [1.82, 2.24) is 5.32 Å². The van der Waals surface area contributed by atoms with Crippen LogP contribution in [-0.4, -0.2) is 17.0 Å². The number of furan rings is 2. The van der Waals surface area contributed by atoms with Gasteiger partial charge in [-0.15, -0.1) is 0 Å². The van der Waals surface area contributed by atoms with Crippen molar-refractivity contribution < 1.29 is 23.5 Å². The van der Waals surface area contributed by atoms with Crippen molar-refractivity contribution >= 4 is 18.0 Å². The zero-order chi connectivity index (χ0) is 19.2. The molecule has 0 spiro atoms. The molecule has 7 heteroatoms. The van der Waals surface area contributed by atoms with Gasteiger partial charge in [0.2, 0.25) is 0 Å². The van der Waals surface area contributed by atoms with Crippen LogP contribution in [0.1, 0.15) is 21.9 Å². The second-order valence-electron chi connectivity index (χ2n) is 5.52. The van der Waals surface area contributed by atoms with Gasteiger partial charge in [0.25, 0.3) is 5.91 Å². The summed E-state index contributed by atoms with van der Waals surface area (Å²) in [4.78, 5) is 23.2. The molecule has 0 bridgehead atoms. The van der Waals surface area contributed by atoms with Crippen LogP contribution in [-0.2, 0) is 11.3 Å². The molecule has 1 aromatic carbocycles. The standard InChI is InChI=1S/C20H14N2O5/c21-11-15(19(23)22-12-17-5-2-8-26-17)10-16-6-7-18(27-16)13-3-1-4-14(9-13)20(24)25/h1-10H,12H2,(H,22,23)(H,24,25)/b15-10+. The average molecular weight is 362 g/mol. The number of nitrogens with zero attached hydrogens (tertiary/aromatic N) is 1. The number of nitriles is 1. The highest BCUT2D eigenvalue weighted by Crippen LogP contribution is 2.24. The number of nitrogens with one attached hydrogen (secondary N) is 1. The summed E-state index contributed by atoms with van der Waals surface area (Å²) < 4.78 is 10.7. The van der Waals surface area contributed by atoms with Gasteiger partial charge in [-0.05, 0) is 36.4 Å². The number of carboxylic acid groups (broad SMARTS) is 1. The van der Waals surface area contributed by atoms with Crippen molar-refractivity contribution in [3.8, 4) is 17.4 Å². The molecule has 7 nitrogen and oxygen atoms in total. The molecule has 0 saturated heterocycles. The summed E-state index contributed by atoms with van der Waals surface area (Å²) in [6, 6.07) is 14.8. The summed E-state index contributed by atoms with van der Waals surface area (Å²) >= 11 is 0. The number of carbonyl (C=O) groups excluding carboxylic acids is 1. The fraction of sp³-hybridized carbons (Fsp3) is 0.0500. The maximum absolute atomic E-state index is 12.1. The third kappa shape index (κ3) is 4.32. The molecule has 0 saturated carbocycles. The fourth-order valence-corrected chi connectivity index (χ4v) is 2.36. The molecule has 134 valence electrons. The summed E-state index contributed by atoms with van der Waals surface area (Å²) in [6.07, 6.45) is 2.81. The maximum Gasteiger partial charge on any atom is 0.335 e. The van der Waals surface area contributed by atoms with Gasteiger partial charge in [-0.2, -0.15) is 5.26 Å². The largest absolute Gasteiger partial charge is 0.478 e. The first-order valence-corrected chi connectivity index (χ1v) is 7.93. The Morgan fingerprint density at radius 1 is 1.19 bits per heavy atom. The van der Waals surface area contributed by atoms with Crippen LogP contribution < -0.4 is 5.32 Å². The Balaban J connectivity index is 1.76. The third-order valence-corrected chi connectivity index (χ3v) is 3.68. The van der Waals surface area contributed by atoms with E-state index in [-0.39, 0.29) is 17.7 Å². The predicted octanol–water partition coefficient (Wildman–Crippen LogP) is 3.46. The zero-order valence-electron chi connectivity index (χ0n) is 14.0. The van der Waals surface area contributed by atoms with Gasteiger partial charge in [0.15, 0.2) is 0 Å². The molecule has 0 unspecified atom stereocenters. The summed E-state index contributed by atoms with van der Waals surface area (Å²) in [5, 5.41) is 20.9. The molecule has 27 heavy (non-hydrogen) atoms. The lowest BCUT2D eigenvalue weighted by atomic mass is 10.1. The normalized spacial score (nSPS) is 11.0. The van der Waals surface area contributed by atoms with Crippen LogP contribution in [0.4, 0.5) is 0 Å². The molecule has 0 atom stereocenters.